The minimum atomic E-state index is -3.43. The molecule has 1 heterocycles. The van der Waals surface area contributed by atoms with Crippen LogP contribution in [0.3, 0.4) is 0 Å². The maximum atomic E-state index is 11.8. The summed E-state index contributed by atoms with van der Waals surface area (Å²) in [6.45, 7) is 6.01. The third-order valence-electron chi connectivity index (χ3n) is 2.83. The zero-order valence-corrected chi connectivity index (χ0v) is 10.5. The second kappa shape index (κ2) is 3.70. The maximum absolute atomic E-state index is 11.8. The van der Waals surface area contributed by atoms with Gasteiger partial charge < -0.3 is 0 Å². The standard InChI is InChI=1S/C12H15NO2S/c1-4-11-10-6-5-9(8(2)3)7-12(10)16(14,15)13-11/h5-8H,4H2,1-3H3. The predicted octanol–water partition coefficient (Wildman–Crippen LogP) is 2.71. The average Bonchev–Trinajstić information content (AvgIpc) is 2.50. The number of fused-ring (bicyclic) bond motifs is 1. The molecule has 0 saturated heterocycles. The minimum absolute atomic E-state index is 0.325. The quantitative estimate of drug-likeness (QED) is 0.794. The molecular weight excluding hydrogens is 222 g/mol. The molecule has 0 saturated carbocycles. The molecule has 1 aromatic rings. The SMILES string of the molecule is CCC1=NS(=O)(=O)c2cc(C(C)C)ccc21. The molecule has 0 amide bonds. The normalized spacial score (nSPS) is 17.4. The van der Waals surface area contributed by atoms with Crippen LogP contribution in [0.4, 0.5) is 0 Å². The molecule has 86 valence electrons. The van der Waals surface area contributed by atoms with E-state index in [1.54, 1.807) is 6.07 Å². The first-order valence-corrected chi connectivity index (χ1v) is 6.88. The third kappa shape index (κ3) is 1.67. The molecule has 0 atom stereocenters. The molecule has 0 fully saturated rings. The van der Waals surface area contributed by atoms with E-state index in [4.69, 9.17) is 0 Å². The Balaban J connectivity index is 2.64. The molecule has 1 aliphatic heterocycles. The summed E-state index contributed by atoms with van der Waals surface area (Å²) in [7, 11) is -3.43. The summed E-state index contributed by atoms with van der Waals surface area (Å²) in [5.74, 6) is 0.325. The summed E-state index contributed by atoms with van der Waals surface area (Å²) in [5.41, 5.74) is 2.48. The van der Waals surface area contributed by atoms with Gasteiger partial charge in [0.1, 0.15) is 0 Å². The fraction of sp³-hybridized carbons (Fsp3) is 0.417. The molecule has 0 aromatic heterocycles. The molecule has 0 N–H and O–H groups in total. The van der Waals surface area contributed by atoms with Crippen molar-refractivity contribution in [2.24, 2.45) is 4.40 Å². The van der Waals surface area contributed by atoms with Crippen molar-refractivity contribution in [3.05, 3.63) is 29.3 Å². The molecule has 0 radical (unpaired) electrons. The van der Waals surface area contributed by atoms with Crippen molar-refractivity contribution in [3.8, 4) is 0 Å². The Morgan fingerprint density at radius 3 is 2.56 bits per heavy atom. The molecule has 2 rings (SSSR count). The summed E-state index contributed by atoms with van der Waals surface area (Å²) in [6, 6.07) is 5.61. The van der Waals surface area contributed by atoms with Crippen molar-refractivity contribution in [1.82, 2.24) is 0 Å². The van der Waals surface area contributed by atoms with E-state index in [9.17, 15) is 8.42 Å². The van der Waals surface area contributed by atoms with Crippen LogP contribution in [0.25, 0.3) is 0 Å². The molecule has 0 bridgehead atoms. The Hall–Kier alpha value is -1.16. The van der Waals surface area contributed by atoms with Crippen LogP contribution in [0.2, 0.25) is 0 Å². The molecule has 0 spiro atoms. The third-order valence-corrected chi connectivity index (χ3v) is 4.18. The Morgan fingerprint density at radius 2 is 2.00 bits per heavy atom. The Morgan fingerprint density at radius 1 is 1.31 bits per heavy atom. The van der Waals surface area contributed by atoms with Crippen LogP contribution < -0.4 is 0 Å². The van der Waals surface area contributed by atoms with Gasteiger partial charge in [0, 0.05) is 5.56 Å². The van der Waals surface area contributed by atoms with Crippen LogP contribution in [0, 0.1) is 0 Å². The van der Waals surface area contributed by atoms with Gasteiger partial charge in [0.05, 0.1) is 10.6 Å². The lowest BCUT2D eigenvalue weighted by Gasteiger charge is -2.07. The topological polar surface area (TPSA) is 46.5 Å². The van der Waals surface area contributed by atoms with E-state index in [0.717, 1.165) is 11.1 Å². The Labute approximate surface area is 96.3 Å². The second-order valence-electron chi connectivity index (χ2n) is 4.28. The van der Waals surface area contributed by atoms with Gasteiger partial charge in [-0.3, -0.25) is 0 Å². The second-order valence-corrected chi connectivity index (χ2v) is 5.85. The van der Waals surface area contributed by atoms with Gasteiger partial charge in [0.25, 0.3) is 10.0 Å². The first-order chi connectivity index (χ1) is 7.45. The first-order valence-electron chi connectivity index (χ1n) is 5.44. The minimum Gasteiger partial charge on any atom is -0.199 e. The van der Waals surface area contributed by atoms with Crippen molar-refractivity contribution in [3.63, 3.8) is 0 Å². The molecule has 16 heavy (non-hydrogen) atoms. The van der Waals surface area contributed by atoms with Crippen LogP contribution in [0.5, 0.6) is 0 Å². The largest absolute Gasteiger partial charge is 0.283 e. The van der Waals surface area contributed by atoms with Gasteiger partial charge >= 0.3 is 0 Å². The van der Waals surface area contributed by atoms with E-state index in [0.29, 0.717) is 22.9 Å². The highest BCUT2D eigenvalue weighted by atomic mass is 32.2. The summed E-state index contributed by atoms with van der Waals surface area (Å²) in [5, 5.41) is 0. The summed E-state index contributed by atoms with van der Waals surface area (Å²) < 4.78 is 27.4. The van der Waals surface area contributed by atoms with Crippen LogP contribution in [-0.2, 0) is 10.0 Å². The number of rotatable bonds is 2. The van der Waals surface area contributed by atoms with E-state index in [2.05, 4.69) is 4.40 Å². The van der Waals surface area contributed by atoms with Crippen molar-refractivity contribution >= 4 is 15.7 Å². The van der Waals surface area contributed by atoms with Gasteiger partial charge in [-0.25, -0.2) is 0 Å². The van der Waals surface area contributed by atoms with Gasteiger partial charge in [0.15, 0.2) is 0 Å². The lowest BCUT2D eigenvalue weighted by molar-refractivity contribution is 0.599. The van der Waals surface area contributed by atoms with Gasteiger partial charge in [0.2, 0.25) is 0 Å². The number of benzene rings is 1. The van der Waals surface area contributed by atoms with E-state index >= 15 is 0 Å². The fourth-order valence-corrected chi connectivity index (χ4v) is 3.21. The zero-order valence-electron chi connectivity index (χ0n) is 9.69. The summed E-state index contributed by atoms with van der Waals surface area (Å²) >= 11 is 0. The van der Waals surface area contributed by atoms with Crippen LogP contribution in [0.15, 0.2) is 27.5 Å². The predicted molar refractivity (Wildman–Crippen MR) is 64.5 cm³/mol. The number of hydrogen-bond acceptors (Lipinski definition) is 2. The van der Waals surface area contributed by atoms with Crippen LogP contribution in [0.1, 0.15) is 44.2 Å². The smallest absolute Gasteiger partial charge is 0.199 e. The highest BCUT2D eigenvalue weighted by molar-refractivity contribution is 7.90. The van der Waals surface area contributed by atoms with Crippen LogP contribution >= 0.6 is 0 Å². The van der Waals surface area contributed by atoms with E-state index in [1.807, 2.05) is 32.9 Å². The number of hydrogen-bond donors (Lipinski definition) is 0. The van der Waals surface area contributed by atoms with E-state index < -0.39 is 10.0 Å². The molecule has 1 aromatic carbocycles. The highest BCUT2D eigenvalue weighted by Gasteiger charge is 2.28. The Bertz CT molecular complexity index is 556. The van der Waals surface area contributed by atoms with Gasteiger partial charge in [-0.15, -0.1) is 0 Å². The van der Waals surface area contributed by atoms with Crippen molar-refractivity contribution in [1.29, 1.82) is 0 Å². The summed E-state index contributed by atoms with van der Waals surface area (Å²) in [6.07, 6.45) is 0.646. The first kappa shape index (κ1) is 11.3. The molecule has 4 heteroatoms. The summed E-state index contributed by atoms with van der Waals surface area (Å²) in [4.78, 5) is 0.371. The monoisotopic (exact) mass is 237 g/mol. The lowest BCUT2D eigenvalue weighted by atomic mass is 9.99. The Kier molecular flexibility index (Phi) is 2.62. The molecular formula is C12H15NO2S. The average molecular weight is 237 g/mol. The number of sulfonamides is 1. The maximum Gasteiger partial charge on any atom is 0.283 e. The highest BCUT2D eigenvalue weighted by Crippen LogP contribution is 2.30. The van der Waals surface area contributed by atoms with E-state index in [1.165, 1.54) is 0 Å². The van der Waals surface area contributed by atoms with Gasteiger partial charge in [-0.2, -0.15) is 12.8 Å². The lowest BCUT2D eigenvalue weighted by Crippen LogP contribution is -1.98. The van der Waals surface area contributed by atoms with Crippen molar-refractivity contribution in [2.45, 2.75) is 38.0 Å². The van der Waals surface area contributed by atoms with Crippen LogP contribution in [-0.4, -0.2) is 14.1 Å². The van der Waals surface area contributed by atoms with Gasteiger partial charge in [-0.1, -0.05) is 32.9 Å². The van der Waals surface area contributed by atoms with Gasteiger partial charge in [-0.05, 0) is 24.0 Å². The number of nitrogens with zero attached hydrogens (tertiary/aromatic N) is 1. The fourth-order valence-electron chi connectivity index (χ4n) is 1.85. The molecule has 1 aliphatic rings. The molecule has 3 nitrogen and oxygen atoms in total. The molecule has 0 aliphatic carbocycles. The van der Waals surface area contributed by atoms with E-state index in [-0.39, 0.29) is 0 Å². The molecule has 0 unspecified atom stereocenters. The van der Waals surface area contributed by atoms with Crippen molar-refractivity contribution < 1.29 is 8.42 Å². The zero-order chi connectivity index (χ0) is 11.9. The van der Waals surface area contributed by atoms with Crippen molar-refractivity contribution in [2.75, 3.05) is 0 Å².